The highest BCUT2D eigenvalue weighted by Gasteiger charge is 2.33. The summed E-state index contributed by atoms with van der Waals surface area (Å²) in [5.41, 5.74) is 1.36. The minimum absolute atomic E-state index is 0.0505. The Morgan fingerprint density at radius 2 is 2.32 bits per heavy atom. The Bertz CT molecular complexity index is 820. The summed E-state index contributed by atoms with van der Waals surface area (Å²) in [7, 11) is 0. The molecule has 4 rings (SSSR count). The molecule has 0 N–H and O–H groups in total. The third kappa shape index (κ3) is 2.09. The molecular formula is C14H13N5O3. The number of hydrogen-bond acceptors (Lipinski definition) is 6. The van der Waals surface area contributed by atoms with Crippen LogP contribution in [0.3, 0.4) is 0 Å². The highest BCUT2D eigenvalue weighted by atomic mass is 16.5. The summed E-state index contributed by atoms with van der Waals surface area (Å²) < 4.78 is 12.4. The van der Waals surface area contributed by atoms with Gasteiger partial charge in [-0.1, -0.05) is 0 Å². The maximum atomic E-state index is 12.1. The van der Waals surface area contributed by atoms with Gasteiger partial charge in [0.15, 0.2) is 0 Å². The molecule has 1 saturated heterocycles. The predicted molar refractivity (Wildman–Crippen MR) is 74.5 cm³/mol. The van der Waals surface area contributed by atoms with Crippen LogP contribution < -0.4 is 4.74 Å². The second-order valence-corrected chi connectivity index (χ2v) is 5.17. The lowest BCUT2D eigenvalue weighted by molar-refractivity contribution is 0.0150. The fraction of sp³-hybridized carbons (Fsp3) is 0.286. The molecule has 0 radical (unpaired) electrons. The van der Waals surface area contributed by atoms with E-state index in [1.807, 2.05) is 13.0 Å². The fourth-order valence-corrected chi connectivity index (χ4v) is 2.40. The van der Waals surface area contributed by atoms with Crippen LogP contribution in [-0.2, 0) is 0 Å². The minimum atomic E-state index is -0.0648. The molecule has 0 atom stereocenters. The molecular weight excluding hydrogens is 286 g/mol. The second kappa shape index (κ2) is 4.83. The van der Waals surface area contributed by atoms with Crippen molar-refractivity contribution in [2.75, 3.05) is 13.1 Å². The maximum absolute atomic E-state index is 12.1. The van der Waals surface area contributed by atoms with Gasteiger partial charge in [0.1, 0.15) is 18.7 Å². The zero-order valence-corrected chi connectivity index (χ0v) is 11.8. The van der Waals surface area contributed by atoms with Gasteiger partial charge in [-0.15, -0.1) is 0 Å². The number of furan rings is 1. The van der Waals surface area contributed by atoms with Crippen LogP contribution in [0.5, 0.6) is 5.88 Å². The SMILES string of the molecule is Cc1cc(OC2CN(C(=O)c3ccoc3)C2)n2ncnc2n1. The van der Waals surface area contributed by atoms with Crippen molar-refractivity contribution < 1.29 is 13.9 Å². The molecule has 0 bridgehead atoms. The summed E-state index contributed by atoms with van der Waals surface area (Å²) in [6.45, 7) is 2.93. The van der Waals surface area contributed by atoms with Crippen LogP contribution in [0.15, 0.2) is 35.4 Å². The Morgan fingerprint density at radius 1 is 1.45 bits per heavy atom. The molecule has 1 aliphatic rings. The van der Waals surface area contributed by atoms with Crippen LogP contribution in [0.1, 0.15) is 16.1 Å². The van der Waals surface area contributed by atoms with Gasteiger partial charge in [-0.25, -0.2) is 4.98 Å². The van der Waals surface area contributed by atoms with E-state index in [1.54, 1.807) is 15.5 Å². The molecule has 4 heterocycles. The van der Waals surface area contributed by atoms with Crippen molar-refractivity contribution in [1.29, 1.82) is 0 Å². The van der Waals surface area contributed by atoms with Gasteiger partial charge in [-0.2, -0.15) is 14.6 Å². The summed E-state index contributed by atoms with van der Waals surface area (Å²) in [5.74, 6) is 1.03. The number of hydrogen-bond donors (Lipinski definition) is 0. The van der Waals surface area contributed by atoms with Crippen LogP contribution in [-0.4, -0.2) is 49.6 Å². The molecule has 1 fully saturated rings. The number of aryl methyl sites for hydroxylation is 1. The van der Waals surface area contributed by atoms with Crippen molar-refractivity contribution in [2.45, 2.75) is 13.0 Å². The Kier molecular flexibility index (Phi) is 2.81. The van der Waals surface area contributed by atoms with E-state index in [0.29, 0.717) is 30.3 Å². The van der Waals surface area contributed by atoms with Gasteiger partial charge in [0, 0.05) is 11.8 Å². The van der Waals surface area contributed by atoms with Crippen LogP contribution >= 0.6 is 0 Å². The minimum Gasteiger partial charge on any atom is -0.472 e. The normalized spacial score (nSPS) is 15.0. The molecule has 0 aliphatic carbocycles. The molecule has 1 aliphatic heterocycles. The molecule has 8 heteroatoms. The number of ether oxygens (including phenoxy) is 1. The lowest BCUT2D eigenvalue weighted by atomic mass is 10.1. The molecule has 22 heavy (non-hydrogen) atoms. The Morgan fingerprint density at radius 3 is 3.09 bits per heavy atom. The number of rotatable bonds is 3. The Labute approximate surface area is 125 Å². The molecule has 0 saturated carbocycles. The first-order valence-electron chi connectivity index (χ1n) is 6.86. The molecule has 3 aromatic rings. The maximum Gasteiger partial charge on any atom is 0.257 e. The molecule has 3 aromatic heterocycles. The number of fused-ring (bicyclic) bond motifs is 1. The molecule has 8 nitrogen and oxygen atoms in total. The number of likely N-dealkylation sites (tertiary alicyclic amines) is 1. The van der Waals surface area contributed by atoms with E-state index in [1.165, 1.54) is 18.9 Å². The summed E-state index contributed by atoms with van der Waals surface area (Å²) in [4.78, 5) is 22.1. The van der Waals surface area contributed by atoms with E-state index in [2.05, 4.69) is 15.1 Å². The van der Waals surface area contributed by atoms with Gasteiger partial charge >= 0.3 is 0 Å². The number of carbonyl (C=O) groups is 1. The third-order valence-corrected chi connectivity index (χ3v) is 3.54. The first kappa shape index (κ1) is 12.8. The number of nitrogens with zero attached hydrogens (tertiary/aromatic N) is 5. The zero-order chi connectivity index (χ0) is 15.1. The van der Waals surface area contributed by atoms with Gasteiger partial charge in [-0.3, -0.25) is 4.79 Å². The van der Waals surface area contributed by atoms with E-state index >= 15 is 0 Å². The van der Waals surface area contributed by atoms with E-state index in [0.717, 1.165) is 5.69 Å². The van der Waals surface area contributed by atoms with Crippen LogP contribution in [0.2, 0.25) is 0 Å². The van der Waals surface area contributed by atoms with Crippen LogP contribution in [0.4, 0.5) is 0 Å². The number of carbonyl (C=O) groups excluding carboxylic acids is 1. The zero-order valence-electron chi connectivity index (χ0n) is 11.8. The molecule has 0 unspecified atom stereocenters. The van der Waals surface area contributed by atoms with Gasteiger partial charge in [-0.05, 0) is 13.0 Å². The Hall–Kier alpha value is -2.90. The molecule has 1 amide bonds. The van der Waals surface area contributed by atoms with Crippen molar-refractivity contribution in [2.24, 2.45) is 0 Å². The van der Waals surface area contributed by atoms with E-state index in [4.69, 9.17) is 9.15 Å². The van der Waals surface area contributed by atoms with Gasteiger partial charge in [0.2, 0.25) is 5.88 Å². The molecule has 0 aromatic carbocycles. The van der Waals surface area contributed by atoms with Crippen LogP contribution in [0.25, 0.3) is 5.78 Å². The lowest BCUT2D eigenvalue weighted by Crippen LogP contribution is -2.56. The topological polar surface area (TPSA) is 85.8 Å². The number of amides is 1. The average molecular weight is 299 g/mol. The fourth-order valence-electron chi connectivity index (χ4n) is 2.40. The highest BCUT2D eigenvalue weighted by molar-refractivity contribution is 5.94. The summed E-state index contributed by atoms with van der Waals surface area (Å²) in [6.07, 6.45) is 4.30. The van der Waals surface area contributed by atoms with Crippen molar-refractivity contribution in [3.8, 4) is 5.88 Å². The second-order valence-electron chi connectivity index (χ2n) is 5.17. The van der Waals surface area contributed by atoms with Crippen LogP contribution in [0, 0.1) is 6.92 Å². The van der Waals surface area contributed by atoms with E-state index in [-0.39, 0.29) is 12.0 Å². The van der Waals surface area contributed by atoms with Crippen molar-refractivity contribution in [3.63, 3.8) is 0 Å². The molecule has 0 spiro atoms. The van der Waals surface area contributed by atoms with Gasteiger partial charge in [0.25, 0.3) is 11.7 Å². The average Bonchev–Trinajstić information content (AvgIpc) is 3.11. The third-order valence-electron chi connectivity index (χ3n) is 3.54. The quantitative estimate of drug-likeness (QED) is 0.715. The summed E-state index contributed by atoms with van der Waals surface area (Å²) >= 11 is 0. The first-order chi connectivity index (χ1) is 10.7. The lowest BCUT2D eigenvalue weighted by Gasteiger charge is -2.38. The standard InChI is InChI=1S/C14H13N5O3/c1-9-4-12(19-14(17-9)15-8-16-19)22-11-5-18(6-11)13(20)10-2-3-21-7-10/h2-4,7-8,11H,5-6H2,1H3. The monoisotopic (exact) mass is 299 g/mol. The number of aromatic nitrogens is 4. The largest absolute Gasteiger partial charge is 0.472 e. The van der Waals surface area contributed by atoms with Crippen molar-refractivity contribution >= 4 is 11.7 Å². The predicted octanol–water partition coefficient (Wildman–Crippen LogP) is 0.929. The van der Waals surface area contributed by atoms with Gasteiger partial charge < -0.3 is 14.1 Å². The van der Waals surface area contributed by atoms with E-state index < -0.39 is 0 Å². The highest BCUT2D eigenvalue weighted by Crippen LogP contribution is 2.20. The van der Waals surface area contributed by atoms with Gasteiger partial charge in [0.05, 0.1) is 24.9 Å². The first-order valence-corrected chi connectivity index (χ1v) is 6.86. The van der Waals surface area contributed by atoms with Crippen molar-refractivity contribution in [3.05, 3.63) is 42.2 Å². The Balaban J connectivity index is 1.45. The van der Waals surface area contributed by atoms with E-state index in [9.17, 15) is 4.79 Å². The molecule has 112 valence electrons. The summed E-state index contributed by atoms with van der Waals surface area (Å²) in [6, 6.07) is 3.46. The van der Waals surface area contributed by atoms with Crippen molar-refractivity contribution in [1.82, 2.24) is 24.5 Å². The summed E-state index contributed by atoms with van der Waals surface area (Å²) in [5, 5.41) is 4.09. The smallest absolute Gasteiger partial charge is 0.257 e.